The molecule has 4 aromatic rings. The fourth-order valence-electron chi connectivity index (χ4n) is 4.64. The third kappa shape index (κ3) is 4.38. The van der Waals surface area contributed by atoms with Crippen molar-refractivity contribution in [2.75, 3.05) is 37.9 Å². The topological polar surface area (TPSA) is 67.2 Å². The van der Waals surface area contributed by atoms with Crippen LogP contribution in [0.5, 0.6) is 5.75 Å². The second-order valence-electron chi connectivity index (χ2n) is 8.43. The van der Waals surface area contributed by atoms with Gasteiger partial charge in [0.2, 0.25) is 0 Å². The van der Waals surface area contributed by atoms with Crippen LogP contribution in [0.25, 0.3) is 16.3 Å². The van der Waals surface area contributed by atoms with E-state index in [0.717, 1.165) is 77.7 Å². The number of hydrogen-bond acceptors (Lipinski definition) is 7. The van der Waals surface area contributed by atoms with E-state index in [-0.39, 0.29) is 0 Å². The summed E-state index contributed by atoms with van der Waals surface area (Å²) in [5.74, 6) is 1.58. The van der Waals surface area contributed by atoms with E-state index in [1.54, 1.807) is 24.8 Å². The highest BCUT2D eigenvalue weighted by atomic mass is 32.1. The van der Waals surface area contributed by atoms with Crippen molar-refractivity contribution in [3.05, 3.63) is 65.6 Å². The number of thiophene rings is 1. The van der Waals surface area contributed by atoms with Crippen molar-refractivity contribution < 1.29 is 4.74 Å². The monoisotopic (exact) mass is 474 g/mol. The van der Waals surface area contributed by atoms with Crippen LogP contribution < -0.4 is 15.4 Å². The Labute approximate surface area is 204 Å². The number of aryl methyl sites for hydroxylation is 1. The van der Waals surface area contributed by atoms with Gasteiger partial charge in [-0.2, -0.15) is 0 Å². The Kier molecular flexibility index (Phi) is 6.51. The van der Waals surface area contributed by atoms with Gasteiger partial charge in [0.25, 0.3) is 0 Å². The predicted octanol–water partition coefficient (Wildman–Crippen LogP) is 5.38. The summed E-state index contributed by atoms with van der Waals surface area (Å²) in [4.78, 5) is 14.2. The molecule has 1 aliphatic heterocycles. The average molecular weight is 475 g/mol. The number of nitrogens with one attached hydrogen (secondary N) is 2. The van der Waals surface area contributed by atoms with Crippen molar-refractivity contribution >= 4 is 44.8 Å². The van der Waals surface area contributed by atoms with E-state index in [1.807, 2.05) is 25.3 Å². The van der Waals surface area contributed by atoms with Crippen molar-refractivity contribution in [1.29, 1.82) is 0 Å². The Morgan fingerprint density at radius 1 is 1.18 bits per heavy atom. The van der Waals surface area contributed by atoms with Gasteiger partial charge < -0.3 is 19.9 Å². The summed E-state index contributed by atoms with van der Waals surface area (Å²) < 4.78 is 7.91. The van der Waals surface area contributed by atoms with Gasteiger partial charge in [0, 0.05) is 62.3 Å². The molecule has 1 aliphatic rings. The van der Waals surface area contributed by atoms with E-state index in [1.165, 1.54) is 10.4 Å². The molecule has 5 rings (SSSR count). The molecule has 34 heavy (non-hydrogen) atoms. The molecule has 1 aromatic carbocycles. The standard InChI is InChI=1S/C26H30N6OS/c1-4-18-14-21(22(33-3)15-20(18)27-2)30-25-24-19-8-13-32(12-7-11-31-9-5-6-10-31)16-23(19)34-26(24)29-17-28-25/h4-6,9-10,14-15,17,27H,1,7-8,11-13,16H2,2-3H3,(H,28,29,30). The molecule has 0 saturated carbocycles. The lowest BCUT2D eigenvalue weighted by Gasteiger charge is -2.27. The fraction of sp³-hybridized carbons (Fsp3) is 0.308. The molecule has 4 heterocycles. The van der Waals surface area contributed by atoms with Gasteiger partial charge in [-0.15, -0.1) is 11.3 Å². The number of anilines is 3. The molecule has 7 nitrogen and oxygen atoms in total. The number of ether oxygens (including phenoxy) is 1. The zero-order chi connectivity index (χ0) is 23.5. The minimum atomic E-state index is 0.750. The number of fused-ring (bicyclic) bond motifs is 3. The van der Waals surface area contributed by atoms with Gasteiger partial charge in [-0.05, 0) is 42.2 Å². The van der Waals surface area contributed by atoms with Gasteiger partial charge in [0.15, 0.2) is 0 Å². The third-order valence-electron chi connectivity index (χ3n) is 6.39. The fourth-order valence-corrected chi connectivity index (χ4v) is 5.87. The molecule has 0 radical (unpaired) electrons. The van der Waals surface area contributed by atoms with Gasteiger partial charge in [-0.1, -0.05) is 12.7 Å². The first-order valence-corrected chi connectivity index (χ1v) is 12.4. The van der Waals surface area contributed by atoms with E-state index in [9.17, 15) is 0 Å². The average Bonchev–Trinajstić information content (AvgIpc) is 3.51. The van der Waals surface area contributed by atoms with Crippen LogP contribution in [0.2, 0.25) is 0 Å². The first kappa shape index (κ1) is 22.4. The van der Waals surface area contributed by atoms with E-state index < -0.39 is 0 Å². The van der Waals surface area contributed by atoms with E-state index in [0.29, 0.717) is 0 Å². The van der Waals surface area contributed by atoms with E-state index >= 15 is 0 Å². The summed E-state index contributed by atoms with van der Waals surface area (Å²) >= 11 is 1.79. The molecular weight excluding hydrogens is 444 g/mol. The third-order valence-corrected chi connectivity index (χ3v) is 7.51. The van der Waals surface area contributed by atoms with Gasteiger partial charge in [-0.25, -0.2) is 9.97 Å². The molecule has 0 saturated heterocycles. The zero-order valence-corrected chi connectivity index (χ0v) is 20.5. The van der Waals surface area contributed by atoms with Gasteiger partial charge in [0.05, 0.1) is 18.2 Å². The lowest BCUT2D eigenvalue weighted by atomic mass is 10.0. The molecule has 0 aliphatic carbocycles. The van der Waals surface area contributed by atoms with Crippen LogP contribution in [0, 0.1) is 0 Å². The smallest absolute Gasteiger partial charge is 0.144 e. The summed E-state index contributed by atoms with van der Waals surface area (Å²) in [6, 6.07) is 8.18. The number of aromatic nitrogens is 3. The number of benzene rings is 1. The van der Waals surface area contributed by atoms with Crippen molar-refractivity contribution in [2.45, 2.75) is 25.9 Å². The predicted molar refractivity (Wildman–Crippen MR) is 141 cm³/mol. The van der Waals surface area contributed by atoms with Crippen LogP contribution in [0.1, 0.15) is 22.4 Å². The second kappa shape index (κ2) is 9.87. The number of hydrogen-bond donors (Lipinski definition) is 2. The highest BCUT2D eigenvalue weighted by molar-refractivity contribution is 7.19. The van der Waals surface area contributed by atoms with Gasteiger partial charge in [0.1, 0.15) is 22.7 Å². The quantitative estimate of drug-likeness (QED) is 0.340. The van der Waals surface area contributed by atoms with Crippen LogP contribution in [0.3, 0.4) is 0 Å². The maximum absolute atomic E-state index is 5.66. The second-order valence-corrected chi connectivity index (χ2v) is 9.51. The molecule has 2 N–H and O–H groups in total. The highest BCUT2D eigenvalue weighted by Gasteiger charge is 2.24. The van der Waals surface area contributed by atoms with Crippen molar-refractivity contribution in [3.63, 3.8) is 0 Å². The Bertz CT molecular complexity index is 1300. The first-order chi connectivity index (χ1) is 16.7. The van der Waals surface area contributed by atoms with Gasteiger partial charge >= 0.3 is 0 Å². The summed E-state index contributed by atoms with van der Waals surface area (Å²) in [6.07, 6.45) is 9.90. The van der Waals surface area contributed by atoms with Crippen LogP contribution in [0.15, 0.2) is 49.6 Å². The largest absolute Gasteiger partial charge is 0.494 e. The normalized spacial score (nSPS) is 13.6. The molecule has 3 aromatic heterocycles. The van der Waals surface area contributed by atoms with Crippen LogP contribution in [-0.4, -0.2) is 46.7 Å². The van der Waals surface area contributed by atoms with Crippen LogP contribution in [-0.2, 0) is 19.5 Å². The van der Waals surface area contributed by atoms with Crippen molar-refractivity contribution in [1.82, 2.24) is 19.4 Å². The van der Waals surface area contributed by atoms with Crippen LogP contribution in [0.4, 0.5) is 17.2 Å². The lowest BCUT2D eigenvalue weighted by Crippen LogP contribution is -2.31. The van der Waals surface area contributed by atoms with Gasteiger partial charge in [-0.3, -0.25) is 4.90 Å². The lowest BCUT2D eigenvalue weighted by molar-refractivity contribution is 0.250. The summed E-state index contributed by atoms with van der Waals surface area (Å²) in [6.45, 7) is 8.13. The summed E-state index contributed by atoms with van der Waals surface area (Å²) in [7, 11) is 3.57. The molecule has 0 fully saturated rings. The minimum absolute atomic E-state index is 0.750. The number of methoxy groups -OCH3 is 1. The highest BCUT2D eigenvalue weighted by Crippen LogP contribution is 2.40. The minimum Gasteiger partial charge on any atom is -0.494 e. The Hall–Kier alpha value is -3.36. The first-order valence-electron chi connectivity index (χ1n) is 11.6. The Balaban J connectivity index is 1.39. The van der Waals surface area contributed by atoms with E-state index in [4.69, 9.17) is 4.74 Å². The molecule has 0 unspecified atom stereocenters. The number of rotatable bonds is 9. The molecular formula is C26H30N6OS. The maximum Gasteiger partial charge on any atom is 0.144 e. The molecule has 0 atom stereocenters. The molecule has 8 heteroatoms. The SMILES string of the molecule is C=Cc1cc(Nc2ncnc3sc4c(c23)CCN(CCCn2cccc2)C4)c(OC)cc1NC. The molecule has 0 amide bonds. The Morgan fingerprint density at radius 3 is 2.79 bits per heavy atom. The van der Waals surface area contributed by atoms with Crippen molar-refractivity contribution in [3.8, 4) is 5.75 Å². The molecule has 0 spiro atoms. The zero-order valence-electron chi connectivity index (χ0n) is 19.7. The summed E-state index contributed by atoms with van der Waals surface area (Å²) in [5, 5.41) is 7.86. The summed E-state index contributed by atoms with van der Waals surface area (Å²) in [5.41, 5.74) is 4.20. The molecule has 0 bridgehead atoms. The Morgan fingerprint density at radius 2 is 2.03 bits per heavy atom. The molecule has 176 valence electrons. The number of nitrogens with zero attached hydrogens (tertiary/aromatic N) is 4. The van der Waals surface area contributed by atoms with Crippen molar-refractivity contribution in [2.24, 2.45) is 0 Å². The van der Waals surface area contributed by atoms with E-state index in [2.05, 4.69) is 61.2 Å². The maximum atomic E-state index is 5.66. The van der Waals surface area contributed by atoms with Crippen LogP contribution >= 0.6 is 11.3 Å².